The molecule has 1 aromatic carbocycles. The molecule has 1 fully saturated rings. The Balaban J connectivity index is 2.06. The van der Waals surface area contributed by atoms with Crippen LogP contribution < -0.4 is 0 Å². The zero-order valence-electron chi connectivity index (χ0n) is 7.90. The summed E-state index contributed by atoms with van der Waals surface area (Å²) in [4.78, 5) is 22.2. The number of benzene rings is 1. The van der Waals surface area contributed by atoms with Crippen LogP contribution in [0.25, 0.3) is 0 Å². The summed E-state index contributed by atoms with van der Waals surface area (Å²) in [5.41, 5.74) is 1.03. The Morgan fingerprint density at radius 2 is 1.93 bits per heavy atom. The van der Waals surface area contributed by atoms with Crippen LogP contribution in [0.2, 0.25) is 9.53 Å². The average molecular weight is 276 g/mol. The number of ether oxygens (including phenoxy) is 1. The van der Waals surface area contributed by atoms with E-state index in [0.29, 0.717) is 11.4 Å². The van der Waals surface area contributed by atoms with Crippen molar-refractivity contribution in [2.45, 2.75) is 10.9 Å². The van der Waals surface area contributed by atoms with Gasteiger partial charge in [-0.25, -0.2) is 0 Å². The van der Waals surface area contributed by atoms with E-state index in [1.807, 2.05) is 12.1 Å². The molecule has 1 atom stereocenters. The molecular weight excluding hydrogens is 269 g/mol. The predicted octanol–water partition coefficient (Wildman–Crippen LogP) is 2.43. The van der Waals surface area contributed by atoms with Crippen molar-refractivity contribution in [1.82, 2.24) is 0 Å². The van der Waals surface area contributed by atoms with Gasteiger partial charge in [0.1, 0.15) is 0 Å². The minimum absolute atomic E-state index is 0.147. The van der Waals surface area contributed by atoms with Crippen molar-refractivity contribution in [3.8, 4) is 0 Å². The van der Waals surface area contributed by atoms with Crippen LogP contribution in [0.1, 0.15) is 5.56 Å². The van der Waals surface area contributed by atoms with E-state index >= 15 is 0 Å². The van der Waals surface area contributed by atoms with Gasteiger partial charge < -0.3 is 0 Å². The van der Waals surface area contributed by atoms with Crippen LogP contribution in [-0.4, -0.2) is 10.5 Å². The Kier molecular flexibility index (Phi) is 3.18. The third-order valence-corrected chi connectivity index (χ3v) is 5.95. The fourth-order valence-electron chi connectivity index (χ4n) is 1.58. The number of rotatable bonds is 2. The molecule has 1 saturated heterocycles. The van der Waals surface area contributed by atoms with Crippen LogP contribution in [0.4, 0.5) is 4.79 Å². The van der Waals surface area contributed by atoms with Gasteiger partial charge in [0.2, 0.25) is 0 Å². The first-order chi connectivity index (χ1) is 7.15. The number of hydrogen-bond acceptors (Lipinski definition) is 3. The topological polar surface area (TPSA) is 43.4 Å². The van der Waals surface area contributed by atoms with Crippen LogP contribution >= 0.6 is 11.6 Å². The second-order valence-electron chi connectivity index (χ2n) is 3.52. The maximum atomic E-state index is 11.2. The summed E-state index contributed by atoms with van der Waals surface area (Å²) in [7, 11) is 0. The molecule has 0 spiro atoms. The molecule has 2 rings (SSSR count). The Morgan fingerprint density at radius 3 is 2.47 bits per heavy atom. The van der Waals surface area contributed by atoms with Crippen molar-refractivity contribution < 1.29 is 31.5 Å². The van der Waals surface area contributed by atoms with Gasteiger partial charge in [0.05, 0.1) is 0 Å². The molecule has 0 aliphatic carbocycles. The second kappa shape index (κ2) is 4.42. The Morgan fingerprint density at radius 1 is 1.27 bits per heavy atom. The number of esters is 1. The van der Waals surface area contributed by atoms with E-state index in [9.17, 15) is 9.59 Å². The van der Waals surface area contributed by atoms with Crippen LogP contribution in [0.3, 0.4) is 0 Å². The third kappa shape index (κ3) is 2.64. The van der Waals surface area contributed by atoms with E-state index in [1.165, 1.54) is 0 Å². The molecule has 3 nitrogen and oxygen atoms in total. The molecule has 15 heavy (non-hydrogen) atoms. The molecular formula is C10H7ClO3Zn. The number of hydrogen-bond donors (Lipinski definition) is 0. The van der Waals surface area contributed by atoms with Crippen molar-refractivity contribution >= 4 is 22.1 Å². The van der Waals surface area contributed by atoms with Crippen molar-refractivity contribution in [2.24, 2.45) is 0 Å². The zero-order chi connectivity index (χ0) is 10.8. The van der Waals surface area contributed by atoms with E-state index in [-0.39, 0.29) is 15.0 Å². The molecule has 0 N–H and O–H groups in total. The summed E-state index contributed by atoms with van der Waals surface area (Å²) in [5.74, 6) is -0.338. The summed E-state index contributed by atoms with van der Waals surface area (Å²) in [6, 6.07) is 7.32. The molecule has 0 amide bonds. The maximum absolute atomic E-state index is 11.2. The zero-order valence-corrected chi connectivity index (χ0v) is 11.6. The molecule has 1 unspecified atom stereocenters. The van der Waals surface area contributed by atoms with E-state index in [0.717, 1.165) is 5.56 Å². The fourth-order valence-corrected chi connectivity index (χ4v) is 4.55. The monoisotopic (exact) mass is 274 g/mol. The average Bonchev–Trinajstić information content (AvgIpc) is 2.49. The SMILES string of the molecule is O=[C]1OC(=O)[CH](Cc2ccc(Cl)cc2)[Zn]1. The molecule has 1 heterocycles. The van der Waals surface area contributed by atoms with E-state index in [2.05, 4.69) is 4.74 Å². The summed E-state index contributed by atoms with van der Waals surface area (Å²) >= 11 is 4.25. The molecule has 5 heteroatoms. The molecule has 0 radical (unpaired) electrons. The van der Waals surface area contributed by atoms with Crippen LogP contribution in [-0.2, 0) is 33.1 Å². The van der Waals surface area contributed by atoms with Crippen molar-refractivity contribution in [3.05, 3.63) is 34.9 Å². The fraction of sp³-hybridized carbons (Fsp3) is 0.200. The molecule has 0 saturated carbocycles. The van der Waals surface area contributed by atoms with E-state index in [4.69, 9.17) is 11.6 Å². The van der Waals surface area contributed by atoms with Gasteiger partial charge in [-0.15, -0.1) is 0 Å². The van der Waals surface area contributed by atoms with Gasteiger partial charge in [-0.2, -0.15) is 0 Å². The minimum atomic E-state index is -1.50. The van der Waals surface area contributed by atoms with E-state index in [1.54, 1.807) is 12.1 Å². The first-order valence-corrected chi connectivity index (χ1v) is 8.21. The molecule has 0 bridgehead atoms. The molecule has 1 aliphatic rings. The Labute approximate surface area is 99.3 Å². The summed E-state index contributed by atoms with van der Waals surface area (Å²) < 4.78 is 4.16. The van der Waals surface area contributed by atoms with Crippen molar-refractivity contribution in [2.75, 3.05) is 0 Å². The molecule has 1 aromatic rings. The van der Waals surface area contributed by atoms with E-state index < -0.39 is 17.1 Å². The first kappa shape index (κ1) is 10.8. The van der Waals surface area contributed by atoms with Gasteiger partial charge in [0, 0.05) is 0 Å². The summed E-state index contributed by atoms with van der Waals surface area (Å²) in [5, 5.41) is 0.672. The number of carbonyl (C=O) groups is 2. The number of halogens is 1. The van der Waals surface area contributed by atoms with Gasteiger partial charge in [0.25, 0.3) is 0 Å². The normalized spacial score (nSPS) is 19.4. The first-order valence-electron chi connectivity index (χ1n) is 4.64. The van der Waals surface area contributed by atoms with Gasteiger partial charge >= 0.3 is 99.4 Å². The third-order valence-electron chi connectivity index (χ3n) is 2.36. The predicted molar refractivity (Wildman–Crippen MR) is 50.4 cm³/mol. The van der Waals surface area contributed by atoms with Gasteiger partial charge in [0.15, 0.2) is 0 Å². The van der Waals surface area contributed by atoms with Gasteiger partial charge in [-0.1, -0.05) is 0 Å². The summed E-state index contributed by atoms with van der Waals surface area (Å²) in [6.45, 7) is 0. The number of cyclic esters (lactones) is 2. The second-order valence-corrected chi connectivity index (χ2v) is 8.10. The van der Waals surface area contributed by atoms with Crippen LogP contribution in [0.15, 0.2) is 24.3 Å². The molecule has 0 aromatic heterocycles. The van der Waals surface area contributed by atoms with Crippen molar-refractivity contribution in [1.29, 1.82) is 0 Å². The number of carbonyl (C=O) groups excluding carboxylic acids is 2. The summed E-state index contributed by atoms with van der Waals surface area (Å²) in [6.07, 6.45) is 0.613. The molecule has 1 aliphatic heterocycles. The van der Waals surface area contributed by atoms with Crippen LogP contribution in [0, 0.1) is 0 Å². The Bertz CT molecular complexity index is 402. The van der Waals surface area contributed by atoms with Crippen LogP contribution in [0.5, 0.6) is 0 Å². The quantitative estimate of drug-likeness (QED) is 0.473. The standard InChI is InChI=1S/C10H7ClO3.Zn/c11-9-4-1-8(2-5-9)3-6-10(13)14-7-12;/h1-2,4-6H,3H2;. The molecule has 74 valence electrons. The van der Waals surface area contributed by atoms with Gasteiger partial charge in [-0.05, 0) is 0 Å². The van der Waals surface area contributed by atoms with Crippen molar-refractivity contribution in [3.63, 3.8) is 0 Å². The van der Waals surface area contributed by atoms with Gasteiger partial charge in [-0.3, -0.25) is 0 Å². The Hall–Kier alpha value is -0.727.